The molecule has 11 nitrogen and oxygen atoms in total. The van der Waals surface area contributed by atoms with Gasteiger partial charge in [0, 0.05) is 47.3 Å². The van der Waals surface area contributed by atoms with Gasteiger partial charge in [0.05, 0.1) is 46.5 Å². The topological polar surface area (TPSA) is 120 Å². The van der Waals surface area contributed by atoms with Gasteiger partial charge in [-0.3, -0.25) is 29.0 Å². The summed E-state index contributed by atoms with van der Waals surface area (Å²) in [7, 11) is -1.04. The van der Waals surface area contributed by atoms with Crippen molar-refractivity contribution in [1.29, 1.82) is 0 Å². The Kier molecular flexibility index (Phi) is 13.1. The molecule has 65 heavy (non-hydrogen) atoms. The lowest BCUT2D eigenvalue weighted by Crippen LogP contribution is -2.52. The molecule has 0 radical (unpaired) electrons. The quantitative estimate of drug-likeness (QED) is 0.0722. The molecule has 1 N–H and O–H groups in total. The van der Waals surface area contributed by atoms with Gasteiger partial charge in [0.15, 0.2) is 5.60 Å². The fourth-order valence-corrected chi connectivity index (χ4v) is 14.0. The molecular weight excluding hydrogens is 833 g/mol. The first-order valence-electron chi connectivity index (χ1n) is 21.9. The predicted octanol–water partition coefficient (Wildman–Crippen LogP) is 8.46. The van der Waals surface area contributed by atoms with E-state index in [4.69, 9.17) is 9.47 Å². The van der Waals surface area contributed by atoms with Crippen molar-refractivity contribution >= 4 is 66.3 Å². The monoisotopic (exact) mass is 886 g/mol. The van der Waals surface area contributed by atoms with E-state index in [-0.39, 0.29) is 43.5 Å². The molecule has 1 saturated heterocycles. The number of ether oxygens (including phenoxy) is 2. The van der Waals surface area contributed by atoms with Gasteiger partial charge < -0.3 is 24.4 Å². The molecule has 332 valence electrons. The summed E-state index contributed by atoms with van der Waals surface area (Å²) in [6, 6.07) is 49.6. The van der Waals surface area contributed by atoms with Crippen LogP contribution in [0.2, 0.25) is 18.6 Å². The number of methoxy groups -OCH3 is 1. The van der Waals surface area contributed by atoms with Gasteiger partial charge in [0.1, 0.15) is 5.75 Å². The van der Waals surface area contributed by atoms with Crippen molar-refractivity contribution in [2.24, 2.45) is 5.92 Å². The summed E-state index contributed by atoms with van der Waals surface area (Å²) in [5.41, 5.74) is 3.70. The smallest absolute Gasteiger partial charge is 0.264 e. The SMILES string of the molecule is COc1ccc([Si](C)(C)[C@@H]2[C@@H](CC(=O)N(CCO)Cc3ccccc3)O[C@]3(C(=O)N(Cc4cccc(N(C=O)c5ccccc5)c4)c4ccc(N(C=O)c5ccccc5)cc43)[C@H]2C)cc1. The number of anilines is 5. The van der Waals surface area contributed by atoms with Gasteiger partial charge in [-0.15, -0.1) is 0 Å². The van der Waals surface area contributed by atoms with Crippen LogP contribution in [-0.2, 0) is 42.6 Å². The first-order chi connectivity index (χ1) is 31.5. The average Bonchev–Trinajstić information content (AvgIpc) is 3.75. The highest BCUT2D eigenvalue weighted by Gasteiger charge is 2.66. The molecular formula is C53H54N4O7Si. The van der Waals surface area contributed by atoms with Crippen LogP contribution in [0.3, 0.4) is 0 Å². The molecule has 1 spiro atoms. The highest BCUT2D eigenvalue weighted by Crippen LogP contribution is 2.60. The van der Waals surface area contributed by atoms with Crippen LogP contribution in [0.1, 0.15) is 30.0 Å². The largest absolute Gasteiger partial charge is 0.497 e. The summed E-state index contributed by atoms with van der Waals surface area (Å²) in [5.74, 6) is -0.189. The fourth-order valence-electron chi connectivity index (χ4n) is 10.0. The Morgan fingerprint density at radius 2 is 1.32 bits per heavy atom. The molecule has 2 heterocycles. The van der Waals surface area contributed by atoms with Crippen molar-refractivity contribution in [3.8, 4) is 5.75 Å². The van der Waals surface area contributed by atoms with Crippen LogP contribution in [-0.4, -0.2) is 69.1 Å². The van der Waals surface area contributed by atoms with Gasteiger partial charge in [0.2, 0.25) is 18.7 Å². The summed E-state index contributed by atoms with van der Waals surface area (Å²) in [4.78, 5) is 62.4. The molecule has 4 atom stereocenters. The van der Waals surface area contributed by atoms with Gasteiger partial charge in [-0.05, 0) is 83.4 Å². The lowest BCUT2D eigenvalue weighted by molar-refractivity contribution is -0.150. The summed E-state index contributed by atoms with van der Waals surface area (Å²) in [5, 5.41) is 11.3. The standard InChI is InChI=1S/C53H54N4O7Si/c1-38-51(65(3,4)46-26-24-45(63-2)25-27-46)49(33-50(61)54(29-30-58)34-39-15-8-5-9-16-39)64-53(38)47-32-44(57(37-60)42-20-12-7-13-21-42)23-28-48(47)55(52(53)62)35-40-17-14-22-43(31-40)56(36-59)41-18-10-6-11-19-41/h5-28,31-32,36-38,49,51,58H,29-30,33-35H2,1-4H3/t38-,49+,51-,53+/m0/s1. The maximum absolute atomic E-state index is 15.8. The Labute approximate surface area is 381 Å². The maximum Gasteiger partial charge on any atom is 0.264 e. The lowest BCUT2D eigenvalue weighted by atomic mass is 9.82. The van der Waals surface area contributed by atoms with Crippen LogP contribution in [0, 0.1) is 5.92 Å². The molecule has 0 saturated carbocycles. The van der Waals surface area contributed by atoms with E-state index in [0.717, 1.165) is 34.9 Å². The van der Waals surface area contributed by atoms with Crippen LogP contribution >= 0.6 is 0 Å². The van der Waals surface area contributed by atoms with Crippen LogP contribution < -0.4 is 24.6 Å². The van der Waals surface area contributed by atoms with Crippen molar-refractivity contribution in [3.63, 3.8) is 0 Å². The van der Waals surface area contributed by atoms with E-state index >= 15 is 4.79 Å². The van der Waals surface area contributed by atoms with Crippen LogP contribution in [0.25, 0.3) is 0 Å². The van der Waals surface area contributed by atoms with Gasteiger partial charge in [-0.25, -0.2) is 0 Å². The molecule has 8 rings (SSSR count). The summed E-state index contributed by atoms with van der Waals surface area (Å²) in [6.45, 7) is 6.98. The van der Waals surface area contributed by atoms with Crippen molar-refractivity contribution in [1.82, 2.24) is 4.90 Å². The number of benzene rings is 6. The minimum atomic E-state index is -2.67. The number of aliphatic hydroxyl groups is 1. The number of carbonyl (C=O) groups excluding carboxylic acids is 4. The number of hydrogen-bond donors (Lipinski definition) is 1. The van der Waals surface area contributed by atoms with E-state index < -0.39 is 25.7 Å². The van der Waals surface area contributed by atoms with E-state index in [1.807, 2.05) is 146 Å². The van der Waals surface area contributed by atoms with Crippen molar-refractivity contribution in [2.45, 2.75) is 56.8 Å². The molecule has 2 aliphatic rings. The zero-order chi connectivity index (χ0) is 45.7. The second-order valence-corrected chi connectivity index (χ2v) is 22.0. The van der Waals surface area contributed by atoms with Gasteiger partial charge in [-0.2, -0.15) is 0 Å². The number of carbonyl (C=O) groups is 4. The zero-order valence-corrected chi connectivity index (χ0v) is 38.1. The van der Waals surface area contributed by atoms with Crippen molar-refractivity contribution in [2.75, 3.05) is 35.0 Å². The number of nitrogens with zero attached hydrogens (tertiary/aromatic N) is 4. The van der Waals surface area contributed by atoms with Crippen LogP contribution in [0.5, 0.6) is 5.75 Å². The van der Waals surface area contributed by atoms with Crippen molar-refractivity contribution in [3.05, 3.63) is 174 Å². The van der Waals surface area contributed by atoms with Gasteiger partial charge in [0.25, 0.3) is 5.91 Å². The normalized spacial score (nSPS) is 18.9. The lowest BCUT2D eigenvalue weighted by Gasteiger charge is -2.37. The highest BCUT2D eigenvalue weighted by atomic mass is 28.3. The molecule has 4 amide bonds. The van der Waals surface area contributed by atoms with Crippen molar-refractivity contribution < 1.29 is 33.8 Å². The van der Waals surface area contributed by atoms with Crippen LogP contribution in [0.15, 0.2) is 158 Å². The van der Waals surface area contributed by atoms with E-state index in [0.29, 0.717) is 40.5 Å². The molecule has 1 fully saturated rings. The van der Waals surface area contributed by atoms with E-state index in [2.05, 4.69) is 32.2 Å². The zero-order valence-electron chi connectivity index (χ0n) is 37.1. The Morgan fingerprint density at radius 3 is 1.91 bits per heavy atom. The van der Waals surface area contributed by atoms with Gasteiger partial charge >= 0.3 is 0 Å². The van der Waals surface area contributed by atoms with Crippen LogP contribution in [0.4, 0.5) is 28.4 Å². The number of amides is 4. The number of aliphatic hydroxyl groups excluding tert-OH is 1. The minimum Gasteiger partial charge on any atom is -0.497 e. The molecule has 0 aliphatic carbocycles. The second-order valence-electron chi connectivity index (χ2n) is 17.3. The molecule has 6 aromatic carbocycles. The third kappa shape index (κ3) is 8.60. The predicted molar refractivity (Wildman–Crippen MR) is 257 cm³/mol. The Morgan fingerprint density at radius 1 is 0.754 bits per heavy atom. The third-order valence-corrected chi connectivity index (χ3v) is 17.6. The van der Waals surface area contributed by atoms with E-state index in [1.165, 1.54) is 0 Å². The van der Waals surface area contributed by atoms with E-state index in [9.17, 15) is 19.5 Å². The minimum absolute atomic E-state index is 0.0218. The Bertz CT molecular complexity index is 2630. The number of rotatable bonds is 17. The third-order valence-electron chi connectivity index (χ3n) is 13.2. The fraction of sp³-hybridized carbons (Fsp3) is 0.245. The molecule has 2 aliphatic heterocycles. The number of para-hydroxylation sites is 2. The summed E-state index contributed by atoms with van der Waals surface area (Å²) >= 11 is 0. The number of hydrogen-bond acceptors (Lipinski definition) is 7. The van der Waals surface area contributed by atoms with E-state index in [1.54, 1.807) is 26.7 Å². The summed E-state index contributed by atoms with van der Waals surface area (Å²) < 4.78 is 12.9. The molecule has 6 aromatic rings. The molecule has 0 aromatic heterocycles. The molecule has 0 bridgehead atoms. The first-order valence-corrected chi connectivity index (χ1v) is 25.0. The summed E-state index contributed by atoms with van der Waals surface area (Å²) in [6.07, 6.45) is 0.816. The molecule has 12 heteroatoms. The maximum atomic E-state index is 15.8. The van der Waals surface area contributed by atoms with Gasteiger partial charge in [-0.1, -0.05) is 116 Å². The first kappa shape index (κ1) is 44.7. The second kappa shape index (κ2) is 19.1. The highest BCUT2D eigenvalue weighted by molar-refractivity contribution is 6.91. The Balaban J connectivity index is 1.25. The Hall–Kier alpha value is -6.86. The average molecular weight is 887 g/mol. The number of fused-ring (bicyclic) bond motifs is 2. The molecule has 0 unspecified atom stereocenters.